The molecule has 21 heavy (non-hydrogen) atoms. The maximum atomic E-state index is 10.2. The van der Waals surface area contributed by atoms with Gasteiger partial charge in [0.25, 0.3) is 0 Å². The summed E-state index contributed by atoms with van der Waals surface area (Å²) in [5.74, 6) is 0.996. The van der Waals surface area contributed by atoms with Crippen LogP contribution in [0, 0.1) is 0 Å². The normalized spacial score (nSPS) is 11.4. The molecule has 0 aliphatic rings. The molecule has 0 saturated carbocycles. The van der Waals surface area contributed by atoms with E-state index in [0.717, 1.165) is 28.0 Å². The molecule has 0 heterocycles. The number of phenolic OH excluding ortho intramolecular Hbond substituents is 1. The molecule has 0 spiro atoms. The third-order valence-corrected chi connectivity index (χ3v) is 3.25. The predicted octanol–water partition coefficient (Wildman–Crippen LogP) is 5.13. The molecule has 0 fully saturated rings. The van der Waals surface area contributed by atoms with E-state index in [1.807, 2.05) is 68.5 Å². The van der Waals surface area contributed by atoms with Gasteiger partial charge >= 0.3 is 0 Å². The van der Waals surface area contributed by atoms with E-state index in [4.69, 9.17) is 4.74 Å². The van der Waals surface area contributed by atoms with E-state index in [2.05, 4.69) is 0 Å². The van der Waals surface area contributed by atoms with Crippen molar-refractivity contribution in [1.29, 1.82) is 0 Å². The van der Waals surface area contributed by atoms with Crippen LogP contribution in [0.2, 0.25) is 0 Å². The van der Waals surface area contributed by atoms with Gasteiger partial charge in [-0.05, 0) is 49.2 Å². The minimum Gasteiger partial charge on any atom is -0.507 e. The van der Waals surface area contributed by atoms with Crippen LogP contribution in [0.15, 0.2) is 48.6 Å². The summed E-state index contributed by atoms with van der Waals surface area (Å²) in [6.45, 7) is 3.95. The summed E-state index contributed by atoms with van der Waals surface area (Å²) in [6, 6.07) is 11.5. The predicted molar refractivity (Wildman–Crippen MR) is 89.5 cm³/mol. The molecule has 0 saturated heterocycles. The summed E-state index contributed by atoms with van der Waals surface area (Å²) in [7, 11) is 1.64. The van der Waals surface area contributed by atoms with Crippen LogP contribution in [0.4, 0.5) is 0 Å². The first-order valence-corrected chi connectivity index (χ1v) is 6.96. The van der Waals surface area contributed by atoms with Gasteiger partial charge in [0.15, 0.2) is 0 Å². The monoisotopic (exact) mass is 280 g/mol. The highest BCUT2D eigenvalue weighted by atomic mass is 16.5. The molecule has 2 aromatic carbocycles. The third kappa shape index (κ3) is 3.34. The Bertz CT molecular complexity index is 682. The zero-order valence-electron chi connectivity index (χ0n) is 12.6. The van der Waals surface area contributed by atoms with Gasteiger partial charge in [-0.15, -0.1) is 0 Å². The fraction of sp³-hybridized carbons (Fsp3) is 0.158. The van der Waals surface area contributed by atoms with Crippen molar-refractivity contribution < 1.29 is 9.84 Å². The molecule has 0 radical (unpaired) electrons. The SMILES string of the molecule is CC=Cc1ccc(O)c(-c2cc(C=CC)ccc2OC)c1. The van der Waals surface area contributed by atoms with Crippen LogP contribution in [0.25, 0.3) is 23.3 Å². The van der Waals surface area contributed by atoms with Crippen LogP contribution in [-0.4, -0.2) is 12.2 Å². The number of phenols is 1. The summed E-state index contributed by atoms with van der Waals surface area (Å²) in [6.07, 6.45) is 7.99. The molecule has 0 bridgehead atoms. The molecule has 0 atom stereocenters. The van der Waals surface area contributed by atoms with E-state index < -0.39 is 0 Å². The minimum atomic E-state index is 0.249. The lowest BCUT2D eigenvalue weighted by molar-refractivity contribution is 0.415. The van der Waals surface area contributed by atoms with Crippen molar-refractivity contribution in [3.8, 4) is 22.6 Å². The molecule has 0 aliphatic heterocycles. The van der Waals surface area contributed by atoms with Crippen LogP contribution in [0.3, 0.4) is 0 Å². The van der Waals surface area contributed by atoms with Gasteiger partial charge in [-0.3, -0.25) is 0 Å². The van der Waals surface area contributed by atoms with Crippen molar-refractivity contribution in [3.63, 3.8) is 0 Å². The van der Waals surface area contributed by atoms with Crippen molar-refractivity contribution in [2.75, 3.05) is 7.11 Å². The highest BCUT2D eigenvalue weighted by molar-refractivity contribution is 5.79. The van der Waals surface area contributed by atoms with Gasteiger partial charge in [-0.25, -0.2) is 0 Å². The lowest BCUT2D eigenvalue weighted by atomic mass is 9.98. The van der Waals surface area contributed by atoms with Crippen molar-refractivity contribution in [2.45, 2.75) is 13.8 Å². The van der Waals surface area contributed by atoms with E-state index in [1.165, 1.54) is 0 Å². The number of methoxy groups -OCH3 is 1. The molecular formula is C19H20O2. The maximum absolute atomic E-state index is 10.2. The maximum Gasteiger partial charge on any atom is 0.126 e. The Morgan fingerprint density at radius 2 is 1.43 bits per heavy atom. The number of rotatable bonds is 4. The first-order chi connectivity index (χ1) is 10.2. The molecule has 2 rings (SSSR count). The number of allylic oxidation sites excluding steroid dienone is 2. The van der Waals surface area contributed by atoms with Crippen molar-refractivity contribution in [3.05, 3.63) is 59.7 Å². The van der Waals surface area contributed by atoms with E-state index in [1.54, 1.807) is 13.2 Å². The van der Waals surface area contributed by atoms with Crippen LogP contribution in [0.5, 0.6) is 11.5 Å². The summed E-state index contributed by atoms with van der Waals surface area (Å²) < 4.78 is 5.43. The quantitative estimate of drug-likeness (QED) is 0.840. The zero-order chi connectivity index (χ0) is 15.2. The Hall–Kier alpha value is -2.48. The molecular weight excluding hydrogens is 260 g/mol. The molecule has 0 aromatic heterocycles. The van der Waals surface area contributed by atoms with Gasteiger partial charge < -0.3 is 9.84 Å². The highest BCUT2D eigenvalue weighted by Gasteiger charge is 2.11. The Morgan fingerprint density at radius 1 is 0.857 bits per heavy atom. The molecule has 0 amide bonds. The second kappa shape index (κ2) is 6.80. The van der Waals surface area contributed by atoms with Gasteiger partial charge in [-0.1, -0.05) is 36.4 Å². The zero-order valence-corrected chi connectivity index (χ0v) is 12.6. The van der Waals surface area contributed by atoms with Gasteiger partial charge in [-0.2, -0.15) is 0 Å². The van der Waals surface area contributed by atoms with Crippen LogP contribution in [0.1, 0.15) is 25.0 Å². The molecule has 108 valence electrons. The lowest BCUT2D eigenvalue weighted by Crippen LogP contribution is -1.90. The molecule has 2 heteroatoms. The third-order valence-electron chi connectivity index (χ3n) is 3.25. The summed E-state index contributed by atoms with van der Waals surface area (Å²) >= 11 is 0. The van der Waals surface area contributed by atoms with E-state index in [0.29, 0.717) is 0 Å². The molecule has 0 aliphatic carbocycles. The first kappa shape index (κ1) is 14.9. The first-order valence-electron chi connectivity index (χ1n) is 6.96. The number of benzene rings is 2. The number of ether oxygens (including phenoxy) is 1. The molecule has 2 nitrogen and oxygen atoms in total. The van der Waals surface area contributed by atoms with Gasteiger partial charge in [0.05, 0.1) is 7.11 Å². The lowest BCUT2D eigenvalue weighted by Gasteiger charge is -2.12. The van der Waals surface area contributed by atoms with Crippen molar-refractivity contribution in [1.82, 2.24) is 0 Å². The minimum absolute atomic E-state index is 0.249. The smallest absolute Gasteiger partial charge is 0.126 e. The van der Waals surface area contributed by atoms with Crippen molar-refractivity contribution in [2.24, 2.45) is 0 Å². The molecule has 0 unspecified atom stereocenters. The van der Waals surface area contributed by atoms with Crippen LogP contribution < -0.4 is 4.74 Å². The van der Waals surface area contributed by atoms with Gasteiger partial charge in [0.2, 0.25) is 0 Å². The van der Waals surface area contributed by atoms with E-state index in [9.17, 15) is 5.11 Å². The molecule has 1 N–H and O–H groups in total. The molecule has 2 aromatic rings. The van der Waals surface area contributed by atoms with E-state index >= 15 is 0 Å². The Kier molecular flexibility index (Phi) is 4.83. The van der Waals surface area contributed by atoms with E-state index in [-0.39, 0.29) is 5.75 Å². The Morgan fingerprint density at radius 3 is 2.00 bits per heavy atom. The highest BCUT2D eigenvalue weighted by Crippen LogP contribution is 2.37. The Labute approximate surface area is 126 Å². The summed E-state index contributed by atoms with van der Waals surface area (Å²) in [5, 5.41) is 10.2. The largest absolute Gasteiger partial charge is 0.507 e. The van der Waals surface area contributed by atoms with Gasteiger partial charge in [0.1, 0.15) is 11.5 Å². The Balaban J connectivity index is 2.63. The number of hydrogen-bond donors (Lipinski definition) is 1. The fourth-order valence-corrected chi connectivity index (χ4v) is 2.30. The summed E-state index contributed by atoms with van der Waals surface area (Å²) in [4.78, 5) is 0. The average Bonchev–Trinajstić information content (AvgIpc) is 2.50. The van der Waals surface area contributed by atoms with Crippen molar-refractivity contribution >= 4 is 12.2 Å². The standard InChI is InChI=1S/C19H20O2/c1-4-6-14-8-10-18(20)16(12-14)17-13-15(7-5-2)9-11-19(17)21-3/h4-13,20H,1-3H3. The number of hydrogen-bond acceptors (Lipinski definition) is 2. The van der Waals surface area contributed by atoms with Gasteiger partial charge in [0, 0.05) is 11.1 Å². The van der Waals surface area contributed by atoms with Crippen LogP contribution in [-0.2, 0) is 0 Å². The van der Waals surface area contributed by atoms with Crippen LogP contribution >= 0.6 is 0 Å². The fourth-order valence-electron chi connectivity index (χ4n) is 2.30. The number of aromatic hydroxyl groups is 1. The summed E-state index contributed by atoms with van der Waals surface area (Å²) in [5.41, 5.74) is 3.78. The average molecular weight is 280 g/mol. The second-order valence-electron chi connectivity index (χ2n) is 4.74. The topological polar surface area (TPSA) is 29.5 Å². The second-order valence-corrected chi connectivity index (χ2v) is 4.74.